The van der Waals surface area contributed by atoms with E-state index in [4.69, 9.17) is 4.74 Å². The maximum Gasteiger partial charge on any atom is 0.124 e. The van der Waals surface area contributed by atoms with Crippen LogP contribution in [-0.4, -0.2) is 26.2 Å². The molecule has 0 bridgehead atoms. The molecule has 0 spiro atoms. The number of piperidine rings is 1. The molecule has 1 fully saturated rings. The number of hydrogen-bond donors (Lipinski definition) is 2. The quantitative estimate of drug-likeness (QED) is 0.859. The summed E-state index contributed by atoms with van der Waals surface area (Å²) in [6, 6.07) is 4.94. The molecule has 1 saturated heterocycles. The van der Waals surface area contributed by atoms with Crippen LogP contribution in [0, 0.1) is 13.8 Å². The van der Waals surface area contributed by atoms with Gasteiger partial charge in [-0.2, -0.15) is 0 Å². The Morgan fingerprint density at radius 2 is 2.00 bits per heavy atom. The Labute approximate surface area is 110 Å². The Bertz CT molecular complexity index is 374. The Hall–Kier alpha value is -1.22. The van der Waals surface area contributed by atoms with Gasteiger partial charge in [-0.15, -0.1) is 0 Å². The van der Waals surface area contributed by atoms with Crippen molar-refractivity contribution in [1.82, 2.24) is 5.32 Å². The Kier molecular flexibility index (Phi) is 4.48. The summed E-state index contributed by atoms with van der Waals surface area (Å²) in [7, 11) is 1.73. The van der Waals surface area contributed by atoms with Gasteiger partial charge in [0.15, 0.2) is 0 Å². The van der Waals surface area contributed by atoms with Crippen LogP contribution in [0.2, 0.25) is 0 Å². The first-order valence-electron chi connectivity index (χ1n) is 6.83. The van der Waals surface area contributed by atoms with Crippen molar-refractivity contribution in [3.8, 4) is 5.75 Å². The van der Waals surface area contributed by atoms with Gasteiger partial charge in [-0.1, -0.05) is 6.42 Å². The summed E-state index contributed by atoms with van der Waals surface area (Å²) in [5.41, 5.74) is 3.58. The molecule has 1 aliphatic rings. The minimum atomic E-state index is 0.612. The number of anilines is 1. The van der Waals surface area contributed by atoms with Crippen molar-refractivity contribution in [2.75, 3.05) is 25.5 Å². The molecule has 0 aromatic heterocycles. The van der Waals surface area contributed by atoms with E-state index in [0.29, 0.717) is 6.04 Å². The molecule has 1 aromatic carbocycles. The van der Waals surface area contributed by atoms with Crippen LogP contribution in [0.3, 0.4) is 0 Å². The largest absolute Gasteiger partial charge is 0.496 e. The molecule has 2 N–H and O–H groups in total. The first kappa shape index (κ1) is 13.2. The number of benzene rings is 1. The summed E-state index contributed by atoms with van der Waals surface area (Å²) < 4.78 is 5.39. The van der Waals surface area contributed by atoms with Gasteiger partial charge in [0.1, 0.15) is 5.75 Å². The van der Waals surface area contributed by atoms with E-state index in [9.17, 15) is 0 Å². The van der Waals surface area contributed by atoms with Crippen molar-refractivity contribution in [2.45, 2.75) is 39.2 Å². The van der Waals surface area contributed by atoms with Crippen molar-refractivity contribution in [2.24, 2.45) is 0 Å². The van der Waals surface area contributed by atoms with Gasteiger partial charge in [0.05, 0.1) is 7.11 Å². The van der Waals surface area contributed by atoms with Crippen LogP contribution in [0.1, 0.15) is 30.4 Å². The number of aryl methyl sites for hydroxylation is 2. The number of ether oxygens (including phenoxy) is 1. The van der Waals surface area contributed by atoms with E-state index in [1.165, 1.54) is 36.1 Å². The van der Waals surface area contributed by atoms with E-state index in [0.717, 1.165) is 18.8 Å². The van der Waals surface area contributed by atoms with Gasteiger partial charge in [0.2, 0.25) is 0 Å². The van der Waals surface area contributed by atoms with Crippen molar-refractivity contribution in [1.29, 1.82) is 0 Å². The van der Waals surface area contributed by atoms with Crippen LogP contribution in [0.5, 0.6) is 5.75 Å². The van der Waals surface area contributed by atoms with Gasteiger partial charge >= 0.3 is 0 Å². The zero-order chi connectivity index (χ0) is 13.0. The maximum absolute atomic E-state index is 5.39. The summed E-state index contributed by atoms with van der Waals surface area (Å²) in [4.78, 5) is 0. The van der Waals surface area contributed by atoms with Crippen molar-refractivity contribution >= 4 is 5.69 Å². The van der Waals surface area contributed by atoms with E-state index in [1.807, 2.05) is 0 Å². The lowest BCUT2D eigenvalue weighted by Gasteiger charge is -2.24. The molecule has 18 heavy (non-hydrogen) atoms. The van der Waals surface area contributed by atoms with Gasteiger partial charge in [-0.3, -0.25) is 0 Å². The van der Waals surface area contributed by atoms with Gasteiger partial charge in [-0.25, -0.2) is 0 Å². The van der Waals surface area contributed by atoms with Gasteiger partial charge in [0.25, 0.3) is 0 Å². The normalized spacial score (nSPS) is 19.6. The summed E-state index contributed by atoms with van der Waals surface area (Å²) >= 11 is 0. The third-order valence-corrected chi connectivity index (χ3v) is 3.63. The molecule has 0 amide bonds. The van der Waals surface area contributed by atoms with E-state index >= 15 is 0 Å². The number of methoxy groups -OCH3 is 1. The van der Waals surface area contributed by atoms with Crippen LogP contribution in [0.15, 0.2) is 12.1 Å². The molecule has 100 valence electrons. The van der Waals surface area contributed by atoms with Crippen LogP contribution >= 0.6 is 0 Å². The summed E-state index contributed by atoms with van der Waals surface area (Å²) in [6.07, 6.45) is 3.94. The lowest BCUT2D eigenvalue weighted by molar-refractivity contribution is 0.408. The van der Waals surface area contributed by atoms with E-state index < -0.39 is 0 Å². The average Bonchev–Trinajstić information content (AvgIpc) is 2.37. The van der Waals surface area contributed by atoms with E-state index in [1.54, 1.807) is 7.11 Å². The third kappa shape index (κ3) is 3.16. The SMILES string of the molecule is COc1c(C)cc(NCC2CCCCN2)cc1C. The first-order chi connectivity index (χ1) is 8.70. The van der Waals surface area contributed by atoms with E-state index in [-0.39, 0.29) is 0 Å². The Balaban J connectivity index is 1.96. The fourth-order valence-corrected chi connectivity index (χ4v) is 2.71. The monoisotopic (exact) mass is 248 g/mol. The second kappa shape index (κ2) is 6.10. The van der Waals surface area contributed by atoms with Crippen LogP contribution < -0.4 is 15.4 Å². The predicted octanol–water partition coefficient (Wildman–Crippen LogP) is 2.87. The molecule has 0 radical (unpaired) electrons. The molecule has 2 rings (SSSR count). The molecular weight excluding hydrogens is 224 g/mol. The van der Waals surface area contributed by atoms with Crippen molar-refractivity contribution < 1.29 is 4.74 Å². The maximum atomic E-state index is 5.39. The highest BCUT2D eigenvalue weighted by Crippen LogP contribution is 2.26. The lowest BCUT2D eigenvalue weighted by Crippen LogP contribution is -2.39. The Morgan fingerprint density at radius 3 is 2.56 bits per heavy atom. The average molecular weight is 248 g/mol. The molecule has 0 aliphatic carbocycles. The smallest absolute Gasteiger partial charge is 0.124 e. The summed E-state index contributed by atoms with van der Waals surface area (Å²) in [5.74, 6) is 0.997. The lowest BCUT2D eigenvalue weighted by atomic mass is 10.0. The molecular formula is C15H24N2O. The van der Waals surface area contributed by atoms with Crippen molar-refractivity contribution in [3.63, 3.8) is 0 Å². The van der Waals surface area contributed by atoms with Gasteiger partial charge in [0, 0.05) is 18.3 Å². The van der Waals surface area contributed by atoms with Gasteiger partial charge in [-0.05, 0) is 56.5 Å². The van der Waals surface area contributed by atoms with Crippen LogP contribution in [0.25, 0.3) is 0 Å². The van der Waals surface area contributed by atoms with Crippen molar-refractivity contribution in [3.05, 3.63) is 23.3 Å². The molecule has 1 aromatic rings. The topological polar surface area (TPSA) is 33.3 Å². The zero-order valence-electron chi connectivity index (χ0n) is 11.7. The standard InChI is InChI=1S/C15H24N2O/c1-11-8-14(9-12(2)15(11)18-3)17-10-13-6-4-5-7-16-13/h8-9,13,16-17H,4-7,10H2,1-3H3. The van der Waals surface area contributed by atoms with Crippen LogP contribution in [0.4, 0.5) is 5.69 Å². The molecule has 1 atom stereocenters. The van der Waals surface area contributed by atoms with Crippen LogP contribution in [-0.2, 0) is 0 Å². The molecule has 3 heteroatoms. The minimum Gasteiger partial charge on any atom is -0.496 e. The summed E-state index contributed by atoms with van der Waals surface area (Å²) in [6.45, 7) is 6.35. The molecule has 3 nitrogen and oxygen atoms in total. The highest BCUT2D eigenvalue weighted by molar-refractivity contribution is 5.55. The summed E-state index contributed by atoms with van der Waals surface area (Å²) in [5, 5.41) is 7.08. The highest BCUT2D eigenvalue weighted by atomic mass is 16.5. The Morgan fingerprint density at radius 1 is 1.28 bits per heavy atom. The zero-order valence-corrected chi connectivity index (χ0v) is 11.7. The van der Waals surface area contributed by atoms with Gasteiger partial charge < -0.3 is 15.4 Å². The second-order valence-electron chi connectivity index (χ2n) is 5.17. The molecule has 0 saturated carbocycles. The molecule has 1 unspecified atom stereocenters. The number of nitrogens with one attached hydrogen (secondary N) is 2. The number of hydrogen-bond acceptors (Lipinski definition) is 3. The number of rotatable bonds is 4. The molecule has 1 heterocycles. The molecule has 1 aliphatic heterocycles. The second-order valence-corrected chi connectivity index (χ2v) is 5.17. The fraction of sp³-hybridized carbons (Fsp3) is 0.600. The fourth-order valence-electron chi connectivity index (χ4n) is 2.71. The third-order valence-electron chi connectivity index (χ3n) is 3.63. The predicted molar refractivity (Wildman–Crippen MR) is 76.6 cm³/mol. The first-order valence-corrected chi connectivity index (χ1v) is 6.83. The highest BCUT2D eigenvalue weighted by Gasteiger charge is 2.12. The minimum absolute atomic E-state index is 0.612. The van der Waals surface area contributed by atoms with E-state index in [2.05, 4.69) is 36.6 Å².